The van der Waals surface area contributed by atoms with Gasteiger partial charge in [0.05, 0.1) is 14.2 Å². The van der Waals surface area contributed by atoms with Gasteiger partial charge in [0.15, 0.2) is 0 Å². The quantitative estimate of drug-likeness (QED) is 0.218. The van der Waals surface area contributed by atoms with Gasteiger partial charge in [-0.15, -0.1) is 0 Å². The molecule has 4 heteroatoms. The van der Waals surface area contributed by atoms with Crippen LogP contribution in [0.2, 0.25) is 0 Å². The Labute approximate surface area is 245 Å². The molecule has 0 aromatic heterocycles. The maximum absolute atomic E-state index is 5.74. The first-order chi connectivity index (χ1) is 20.2. The minimum absolute atomic E-state index is 0.282. The molecule has 0 spiro atoms. The van der Waals surface area contributed by atoms with E-state index in [9.17, 15) is 0 Å². The lowest BCUT2D eigenvalue weighted by Crippen LogP contribution is -2.67. The third kappa shape index (κ3) is 6.05. The fourth-order valence-electron chi connectivity index (χ4n) is 7.41. The van der Waals surface area contributed by atoms with Crippen molar-refractivity contribution in [2.24, 2.45) is 5.92 Å². The third-order valence-electron chi connectivity index (χ3n) is 9.34. The van der Waals surface area contributed by atoms with E-state index in [0.29, 0.717) is 24.0 Å². The van der Waals surface area contributed by atoms with Gasteiger partial charge in [-0.1, -0.05) is 91.0 Å². The van der Waals surface area contributed by atoms with Crippen LogP contribution >= 0.6 is 0 Å². The highest BCUT2D eigenvalue weighted by atomic mass is 16.5. The van der Waals surface area contributed by atoms with Gasteiger partial charge in [0, 0.05) is 36.2 Å². The second-order valence-electron chi connectivity index (χ2n) is 11.6. The summed E-state index contributed by atoms with van der Waals surface area (Å²) in [5.74, 6) is 2.67. The number of ether oxygens (including phenoxy) is 2. The number of nitrogens with one attached hydrogen (secondary N) is 1. The Morgan fingerprint density at radius 3 is 2.10 bits per heavy atom. The molecular weight excluding hydrogens is 504 g/mol. The Kier molecular flexibility index (Phi) is 8.69. The van der Waals surface area contributed by atoms with Gasteiger partial charge in [0.1, 0.15) is 11.5 Å². The van der Waals surface area contributed by atoms with Crippen LogP contribution in [0.1, 0.15) is 47.4 Å². The molecule has 3 aliphatic rings. The van der Waals surface area contributed by atoms with Gasteiger partial charge in [-0.25, -0.2) is 0 Å². The van der Waals surface area contributed by atoms with E-state index in [1.54, 1.807) is 14.2 Å². The number of piperidine rings is 3. The lowest BCUT2D eigenvalue weighted by molar-refractivity contribution is -0.0418. The van der Waals surface area contributed by atoms with Crippen molar-refractivity contribution < 1.29 is 9.47 Å². The van der Waals surface area contributed by atoms with E-state index >= 15 is 0 Å². The van der Waals surface area contributed by atoms with Crippen LogP contribution in [0.25, 0.3) is 0 Å². The molecule has 1 N–H and O–H groups in total. The Balaban J connectivity index is 1.35. The maximum atomic E-state index is 5.74. The summed E-state index contributed by atoms with van der Waals surface area (Å²) in [6.45, 7) is 1.91. The van der Waals surface area contributed by atoms with E-state index in [1.165, 1.54) is 36.0 Å². The van der Waals surface area contributed by atoms with Crippen molar-refractivity contribution in [1.82, 2.24) is 10.2 Å². The van der Waals surface area contributed by atoms with Crippen molar-refractivity contribution in [1.29, 1.82) is 0 Å². The lowest BCUT2D eigenvalue weighted by atomic mass is 9.67. The standard InChI is InChI=1S/C37H42N2O2/c1-40-33-20-21-34(41-2)31(25-33)26-38-36-30-22-23-39(32(24-30)19-18-27-12-6-3-7-13-27)37(36)35(28-14-8-4-9-15-28)29-16-10-5-11-17-29/h3-17,20-21,25,30,32,35-38H,18-19,22-24,26H2,1-2H3/t30-,32+,36-,37-/m1/s1. The SMILES string of the molecule is COc1ccc(OC)c(CN[C@@H]2[C@@H]3CCN([C@@H](CCc4ccccc4)C3)[C@@H]2C(c2ccccc2)c2ccccc2)c1. The molecule has 3 fully saturated rings. The van der Waals surface area contributed by atoms with Crippen molar-refractivity contribution in [3.63, 3.8) is 0 Å². The molecule has 1 unspecified atom stereocenters. The van der Waals surface area contributed by atoms with Gasteiger partial charge in [-0.3, -0.25) is 4.90 Å². The predicted octanol–water partition coefficient (Wildman–Crippen LogP) is 7.09. The number of fused-ring (bicyclic) bond motifs is 3. The van der Waals surface area contributed by atoms with E-state index in [-0.39, 0.29) is 5.92 Å². The molecule has 4 nitrogen and oxygen atoms in total. The van der Waals surface area contributed by atoms with Crippen molar-refractivity contribution in [3.05, 3.63) is 131 Å². The predicted molar refractivity (Wildman–Crippen MR) is 167 cm³/mol. The lowest BCUT2D eigenvalue weighted by Gasteiger charge is -2.58. The summed E-state index contributed by atoms with van der Waals surface area (Å²) in [4.78, 5) is 2.87. The number of methoxy groups -OCH3 is 2. The highest BCUT2D eigenvalue weighted by Crippen LogP contribution is 2.45. The van der Waals surface area contributed by atoms with Gasteiger partial charge in [0.25, 0.3) is 0 Å². The molecule has 3 heterocycles. The molecule has 212 valence electrons. The molecule has 4 aromatic carbocycles. The second kappa shape index (κ2) is 12.9. The van der Waals surface area contributed by atoms with Gasteiger partial charge >= 0.3 is 0 Å². The van der Waals surface area contributed by atoms with Crippen molar-refractivity contribution in [3.8, 4) is 11.5 Å². The number of rotatable bonds is 11. The zero-order valence-electron chi connectivity index (χ0n) is 24.3. The van der Waals surface area contributed by atoms with Crippen molar-refractivity contribution in [2.45, 2.75) is 56.3 Å². The number of aryl methyl sites for hydroxylation is 1. The van der Waals surface area contributed by atoms with Crippen molar-refractivity contribution in [2.75, 3.05) is 20.8 Å². The van der Waals surface area contributed by atoms with Gasteiger partial charge in [0.2, 0.25) is 0 Å². The molecule has 5 atom stereocenters. The maximum Gasteiger partial charge on any atom is 0.123 e. The average molecular weight is 547 g/mol. The van der Waals surface area contributed by atoms with E-state index in [4.69, 9.17) is 9.47 Å². The number of benzene rings is 4. The highest BCUT2D eigenvalue weighted by Gasteiger charge is 2.49. The number of hydrogen-bond donors (Lipinski definition) is 1. The Morgan fingerprint density at radius 2 is 1.46 bits per heavy atom. The Bertz CT molecular complexity index is 1340. The van der Waals surface area contributed by atoms with Gasteiger partial charge in [-0.05, 0) is 73.0 Å². The minimum Gasteiger partial charge on any atom is -0.497 e. The van der Waals surface area contributed by atoms with Crippen LogP contribution in [0, 0.1) is 5.92 Å². The van der Waals surface area contributed by atoms with Crippen LogP contribution in [-0.2, 0) is 13.0 Å². The van der Waals surface area contributed by atoms with E-state index in [0.717, 1.165) is 36.6 Å². The summed E-state index contributed by atoms with van der Waals surface area (Å²) < 4.78 is 11.3. The molecular formula is C37H42N2O2. The Hall–Kier alpha value is -3.60. The molecule has 3 saturated heterocycles. The smallest absolute Gasteiger partial charge is 0.123 e. The van der Waals surface area contributed by atoms with Gasteiger partial charge < -0.3 is 14.8 Å². The molecule has 0 amide bonds. The fourth-order valence-corrected chi connectivity index (χ4v) is 7.41. The van der Waals surface area contributed by atoms with Crippen molar-refractivity contribution >= 4 is 0 Å². The second-order valence-corrected chi connectivity index (χ2v) is 11.6. The van der Waals surface area contributed by atoms with Gasteiger partial charge in [-0.2, -0.15) is 0 Å². The van der Waals surface area contributed by atoms with Crippen LogP contribution in [-0.4, -0.2) is 43.8 Å². The number of nitrogens with zero attached hydrogens (tertiary/aromatic N) is 1. The average Bonchev–Trinajstić information content (AvgIpc) is 3.05. The summed E-state index contributed by atoms with van der Waals surface area (Å²) in [5, 5.41) is 4.08. The summed E-state index contributed by atoms with van der Waals surface area (Å²) in [6.07, 6.45) is 4.81. The molecule has 2 bridgehead atoms. The Morgan fingerprint density at radius 1 is 0.805 bits per heavy atom. The van der Waals surface area contributed by atoms with Crippen LogP contribution < -0.4 is 14.8 Å². The topological polar surface area (TPSA) is 33.7 Å². The molecule has 0 aliphatic carbocycles. The first-order valence-corrected chi connectivity index (χ1v) is 15.1. The molecule has 7 rings (SSSR count). The summed E-state index contributed by atoms with van der Waals surface area (Å²) >= 11 is 0. The summed E-state index contributed by atoms with van der Waals surface area (Å²) in [6, 6.07) is 40.7. The molecule has 0 radical (unpaired) electrons. The van der Waals surface area contributed by atoms with Crippen LogP contribution in [0.3, 0.4) is 0 Å². The molecule has 41 heavy (non-hydrogen) atoms. The zero-order chi connectivity index (χ0) is 28.0. The third-order valence-corrected chi connectivity index (χ3v) is 9.34. The largest absolute Gasteiger partial charge is 0.497 e. The van der Waals surface area contributed by atoms with Crippen LogP contribution in [0.4, 0.5) is 0 Å². The normalized spacial score (nSPS) is 23.4. The fraction of sp³-hybridized carbons (Fsp3) is 0.351. The monoisotopic (exact) mass is 546 g/mol. The minimum atomic E-state index is 0.282. The van der Waals surface area contributed by atoms with E-state index in [1.807, 2.05) is 12.1 Å². The molecule has 4 aromatic rings. The first-order valence-electron chi connectivity index (χ1n) is 15.1. The number of hydrogen-bond acceptors (Lipinski definition) is 4. The zero-order valence-corrected chi connectivity index (χ0v) is 24.3. The highest BCUT2D eigenvalue weighted by molar-refractivity contribution is 5.41. The molecule has 3 aliphatic heterocycles. The van der Waals surface area contributed by atoms with E-state index < -0.39 is 0 Å². The summed E-state index contributed by atoms with van der Waals surface area (Å²) in [5.41, 5.74) is 5.36. The van der Waals surface area contributed by atoms with Crippen LogP contribution in [0.15, 0.2) is 109 Å². The summed E-state index contributed by atoms with van der Waals surface area (Å²) in [7, 11) is 3.48. The molecule has 0 saturated carbocycles. The van der Waals surface area contributed by atoms with E-state index in [2.05, 4.69) is 107 Å². The van der Waals surface area contributed by atoms with Crippen LogP contribution in [0.5, 0.6) is 11.5 Å². The first kappa shape index (κ1) is 27.6.